The van der Waals surface area contributed by atoms with Crippen LogP contribution in [-0.2, 0) is 4.79 Å². The molecule has 1 atom stereocenters. The van der Waals surface area contributed by atoms with Crippen molar-refractivity contribution in [2.45, 2.75) is 25.2 Å². The normalized spacial score (nSPS) is 16.7. The van der Waals surface area contributed by atoms with Gasteiger partial charge in [0.1, 0.15) is 5.75 Å². The minimum atomic E-state index is -0.949. The number of benzene rings is 1. The fraction of sp³-hybridized carbons (Fsp3) is 0.500. The number of hydrogen-bond acceptors (Lipinski definition) is 3. The fourth-order valence-corrected chi connectivity index (χ4v) is 2.36. The molecule has 1 fully saturated rings. The van der Waals surface area contributed by atoms with Gasteiger partial charge in [0.25, 0.3) is 0 Å². The quantitative estimate of drug-likeness (QED) is 0.842. The third-order valence-electron chi connectivity index (χ3n) is 3.54. The van der Waals surface area contributed by atoms with Gasteiger partial charge in [-0.3, -0.25) is 4.79 Å². The molecule has 2 rings (SSSR count). The average Bonchev–Trinajstić information content (AvgIpc) is 2.26. The SMILES string of the molecule is NCC(C(=O)O)c1cc(Cl)cc(OCC2CCC2)c1. The first-order chi connectivity index (χ1) is 9.10. The molecule has 0 aliphatic heterocycles. The Morgan fingerprint density at radius 2 is 2.21 bits per heavy atom. The Balaban J connectivity index is 2.10. The minimum Gasteiger partial charge on any atom is -0.493 e. The summed E-state index contributed by atoms with van der Waals surface area (Å²) in [4.78, 5) is 11.1. The highest BCUT2D eigenvalue weighted by Gasteiger charge is 2.21. The van der Waals surface area contributed by atoms with Crippen LogP contribution < -0.4 is 10.5 Å². The lowest BCUT2D eigenvalue weighted by atomic mass is 9.86. The third-order valence-corrected chi connectivity index (χ3v) is 3.76. The van der Waals surface area contributed by atoms with E-state index in [0.717, 1.165) is 0 Å². The summed E-state index contributed by atoms with van der Waals surface area (Å²) in [7, 11) is 0. The monoisotopic (exact) mass is 283 g/mol. The molecule has 0 saturated heterocycles. The van der Waals surface area contributed by atoms with Crippen LogP contribution in [-0.4, -0.2) is 24.2 Å². The molecule has 1 aromatic carbocycles. The second kappa shape index (κ2) is 6.26. The predicted octanol–water partition coefficient (Wildman–Crippen LogP) is 2.65. The second-order valence-corrected chi connectivity index (χ2v) is 5.39. The summed E-state index contributed by atoms with van der Waals surface area (Å²) in [5.41, 5.74) is 6.08. The molecule has 0 heterocycles. The molecule has 4 nitrogen and oxygen atoms in total. The summed E-state index contributed by atoms with van der Waals surface area (Å²) < 4.78 is 5.69. The maximum Gasteiger partial charge on any atom is 0.312 e. The van der Waals surface area contributed by atoms with Crippen LogP contribution in [0.15, 0.2) is 18.2 Å². The molecule has 0 aromatic heterocycles. The van der Waals surface area contributed by atoms with Gasteiger partial charge < -0.3 is 15.6 Å². The first-order valence-corrected chi connectivity index (χ1v) is 6.84. The van der Waals surface area contributed by atoms with E-state index in [-0.39, 0.29) is 6.54 Å². The van der Waals surface area contributed by atoms with Crippen molar-refractivity contribution in [3.8, 4) is 5.75 Å². The zero-order valence-electron chi connectivity index (χ0n) is 10.6. The van der Waals surface area contributed by atoms with Crippen molar-refractivity contribution in [2.75, 3.05) is 13.2 Å². The van der Waals surface area contributed by atoms with Crippen LogP contribution in [0.3, 0.4) is 0 Å². The maximum absolute atomic E-state index is 11.1. The highest BCUT2D eigenvalue weighted by atomic mass is 35.5. The molecular formula is C14H18ClNO3. The van der Waals surface area contributed by atoms with Crippen molar-refractivity contribution in [2.24, 2.45) is 11.7 Å². The van der Waals surface area contributed by atoms with Gasteiger partial charge in [0.05, 0.1) is 12.5 Å². The summed E-state index contributed by atoms with van der Waals surface area (Å²) in [6.45, 7) is 0.706. The molecule has 0 bridgehead atoms. The number of nitrogens with two attached hydrogens (primary N) is 1. The number of carboxylic acid groups (broad SMARTS) is 1. The van der Waals surface area contributed by atoms with Gasteiger partial charge in [0, 0.05) is 11.6 Å². The van der Waals surface area contributed by atoms with Crippen LogP contribution in [0, 0.1) is 5.92 Å². The smallest absolute Gasteiger partial charge is 0.312 e. The number of halogens is 1. The summed E-state index contributed by atoms with van der Waals surface area (Å²) in [6.07, 6.45) is 3.67. The molecule has 1 aliphatic carbocycles. The summed E-state index contributed by atoms with van der Waals surface area (Å²) >= 11 is 6.01. The van der Waals surface area contributed by atoms with Crippen molar-refractivity contribution in [1.82, 2.24) is 0 Å². The van der Waals surface area contributed by atoms with Crippen LogP contribution in [0.4, 0.5) is 0 Å². The number of rotatable bonds is 6. The molecule has 5 heteroatoms. The number of carbonyl (C=O) groups is 1. The Labute approximate surface area is 117 Å². The highest BCUT2D eigenvalue weighted by Crippen LogP contribution is 2.30. The minimum absolute atomic E-state index is 0.0394. The van der Waals surface area contributed by atoms with Gasteiger partial charge in [-0.05, 0) is 42.5 Å². The Morgan fingerprint density at radius 1 is 1.47 bits per heavy atom. The topological polar surface area (TPSA) is 72.6 Å². The predicted molar refractivity (Wildman–Crippen MR) is 73.7 cm³/mol. The van der Waals surface area contributed by atoms with Crippen molar-refractivity contribution in [3.63, 3.8) is 0 Å². The van der Waals surface area contributed by atoms with Crippen LogP contribution in [0.25, 0.3) is 0 Å². The van der Waals surface area contributed by atoms with Gasteiger partial charge in [-0.1, -0.05) is 18.0 Å². The van der Waals surface area contributed by atoms with Gasteiger partial charge in [-0.15, -0.1) is 0 Å². The molecule has 1 unspecified atom stereocenters. The zero-order chi connectivity index (χ0) is 13.8. The molecule has 1 aromatic rings. The molecule has 0 amide bonds. The number of ether oxygens (including phenoxy) is 1. The summed E-state index contributed by atoms with van der Waals surface area (Å²) in [5.74, 6) is -0.458. The van der Waals surface area contributed by atoms with Gasteiger partial charge in [0.2, 0.25) is 0 Å². The number of carboxylic acids is 1. The van der Waals surface area contributed by atoms with E-state index in [2.05, 4.69) is 0 Å². The van der Waals surface area contributed by atoms with Gasteiger partial charge in [-0.2, -0.15) is 0 Å². The van der Waals surface area contributed by atoms with Gasteiger partial charge in [0.15, 0.2) is 0 Å². The van der Waals surface area contributed by atoms with Crippen LogP contribution in [0.1, 0.15) is 30.7 Å². The lowest BCUT2D eigenvalue weighted by Gasteiger charge is -2.25. The van der Waals surface area contributed by atoms with E-state index < -0.39 is 11.9 Å². The molecule has 19 heavy (non-hydrogen) atoms. The Bertz CT molecular complexity index is 460. The molecule has 104 valence electrons. The van der Waals surface area contributed by atoms with E-state index in [4.69, 9.17) is 27.2 Å². The van der Waals surface area contributed by atoms with Crippen LogP contribution in [0.5, 0.6) is 5.75 Å². The average molecular weight is 284 g/mol. The van der Waals surface area contributed by atoms with E-state index in [1.54, 1.807) is 18.2 Å². The van der Waals surface area contributed by atoms with Gasteiger partial charge in [-0.25, -0.2) is 0 Å². The second-order valence-electron chi connectivity index (χ2n) is 4.95. The molecule has 0 spiro atoms. The Hall–Kier alpha value is -1.26. The lowest BCUT2D eigenvalue weighted by molar-refractivity contribution is -0.138. The number of hydrogen-bond donors (Lipinski definition) is 2. The van der Waals surface area contributed by atoms with E-state index in [0.29, 0.717) is 28.9 Å². The molecule has 1 aliphatic rings. The summed E-state index contributed by atoms with van der Waals surface area (Å²) in [5, 5.41) is 9.58. The van der Waals surface area contributed by atoms with Crippen molar-refractivity contribution in [1.29, 1.82) is 0 Å². The summed E-state index contributed by atoms with van der Waals surface area (Å²) in [6, 6.07) is 5.05. The molecule has 1 saturated carbocycles. The van der Waals surface area contributed by atoms with Crippen molar-refractivity contribution in [3.05, 3.63) is 28.8 Å². The fourth-order valence-electron chi connectivity index (χ4n) is 2.12. The van der Waals surface area contributed by atoms with Crippen molar-refractivity contribution >= 4 is 17.6 Å². The molecule has 0 radical (unpaired) electrons. The first-order valence-electron chi connectivity index (χ1n) is 6.46. The van der Waals surface area contributed by atoms with Gasteiger partial charge >= 0.3 is 5.97 Å². The molecule has 3 N–H and O–H groups in total. The Kier molecular flexibility index (Phi) is 4.66. The standard InChI is InChI=1S/C14H18ClNO3/c15-11-4-10(13(7-16)14(17)18)5-12(6-11)19-8-9-2-1-3-9/h4-6,9,13H,1-3,7-8,16H2,(H,17,18). The van der Waals surface area contributed by atoms with Crippen LogP contribution in [0.2, 0.25) is 5.02 Å². The largest absolute Gasteiger partial charge is 0.493 e. The zero-order valence-corrected chi connectivity index (χ0v) is 11.4. The third kappa shape index (κ3) is 3.61. The lowest BCUT2D eigenvalue weighted by Crippen LogP contribution is -2.21. The van der Waals surface area contributed by atoms with Crippen molar-refractivity contribution < 1.29 is 14.6 Å². The van der Waals surface area contributed by atoms with Crippen LogP contribution >= 0.6 is 11.6 Å². The molecular weight excluding hydrogens is 266 g/mol. The highest BCUT2D eigenvalue weighted by molar-refractivity contribution is 6.30. The first kappa shape index (κ1) is 14.2. The van der Waals surface area contributed by atoms with E-state index in [9.17, 15) is 4.79 Å². The Morgan fingerprint density at radius 3 is 2.74 bits per heavy atom. The van der Waals surface area contributed by atoms with E-state index >= 15 is 0 Å². The van der Waals surface area contributed by atoms with E-state index in [1.165, 1.54) is 19.3 Å². The van der Waals surface area contributed by atoms with E-state index in [1.807, 2.05) is 0 Å². The number of aliphatic carboxylic acids is 1. The maximum atomic E-state index is 11.1.